The summed E-state index contributed by atoms with van der Waals surface area (Å²) < 4.78 is 7.18. The molecule has 0 saturated carbocycles. The van der Waals surface area contributed by atoms with E-state index in [1.54, 1.807) is 7.11 Å². The SMILES string of the molecule is COc1ccccc1CN=C(C)c1cnn(C)c1C. The number of para-hydroxylation sites is 1. The van der Waals surface area contributed by atoms with Crippen LogP contribution in [-0.2, 0) is 13.6 Å². The van der Waals surface area contributed by atoms with Crippen molar-refractivity contribution in [1.82, 2.24) is 9.78 Å². The van der Waals surface area contributed by atoms with Gasteiger partial charge in [0.15, 0.2) is 0 Å². The Labute approximate surface area is 113 Å². The van der Waals surface area contributed by atoms with Crippen LogP contribution in [0.15, 0.2) is 35.5 Å². The monoisotopic (exact) mass is 257 g/mol. The lowest BCUT2D eigenvalue weighted by molar-refractivity contribution is 0.410. The maximum atomic E-state index is 5.33. The van der Waals surface area contributed by atoms with Crippen LogP contribution in [0, 0.1) is 6.92 Å². The van der Waals surface area contributed by atoms with Crippen LogP contribution < -0.4 is 4.74 Å². The number of hydrogen-bond donors (Lipinski definition) is 0. The van der Waals surface area contributed by atoms with Crippen LogP contribution in [0.2, 0.25) is 0 Å². The van der Waals surface area contributed by atoms with Crippen LogP contribution in [0.3, 0.4) is 0 Å². The van der Waals surface area contributed by atoms with Crippen LogP contribution in [0.5, 0.6) is 5.75 Å². The van der Waals surface area contributed by atoms with Gasteiger partial charge in [0.25, 0.3) is 0 Å². The van der Waals surface area contributed by atoms with E-state index in [0.29, 0.717) is 6.54 Å². The molecule has 0 fully saturated rings. The molecule has 0 aliphatic rings. The van der Waals surface area contributed by atoms with Crippen LogP contribution in [0.4, 0.5) is 0 Å². The molecule has 1 aromatic carbocycles. The summed E-state index contributed by atoms with van der Waals surface area (Å²) in [5.41, 5.74) is 4.31. The van der Waals surface area contributed by atoms with Crippen molar-refractivity contribution in [3.8, 4) is 5.75 Å². The normalized spacial score (nSPS) is 11.7. The van der Waals surface area contributed by atoms with E-state index < -0.39 is 0 Å². The second-order valence-electron chi connectivity index (χ2n) is 4.48. The Bertz CT molecular complexity index is 599. The highest BCUT2D eigenvalue weighted by atomic mass is 16.5. The molecule has 0 aliphatic heterocycles. The molecule has 0 spiro atoms. The van der Waals surface area contributed by atoms with Crippen molar-refractivity contribution in [2.24, 2.45) is 12.0 Å². The van der Waals surface area contributed by atoms with Gasteiger partial charge >= 0.3 is 0 Å². The van der Waals surface area contributed by atoms with E-state index in [4.69, 9.17) is 4.74 Å². The number of hydrogen-bond acceptors (Lipinski definition) is 3. The molecule has 1 aromatic heterocycles. The average molecular weight is 257 g/mol. The highest BCUT2D eigenvalue weighted by Crippen LogP contribution is 2.18. The van der Waals surface area contributed by atoms with Crippen LogP contribution in [-0.4, -0.2) is 22.6 Å². The first kappa shape index (κ1) is 13.3. The first-order chi connectivity index (χ1) is 9.13. The summed E-state index contributed by atoms with van der Waals surface area (Å²) in [6, 6.07) is 7.95. The molecule has 2 aromatic rings. The smallest absolute Gasteiger partial charge is 0.123 e. The molecule has 0 saturated heterocycles. The lowest BCUT2D eigenvalue weighted by Crippen LogP contribution is -2.00. The standard InChI is InChI=1S/C15H19N3O/c1-11(14-10-17-18(3)12(14)2)16-9-13-7-5-6-8-15(13)19-4/h5-8,10H,9H2,1-4H3. The van der Waals surface area contributed by atoms with E-state index in [0.717, 1.165) is 28.3 Å². The third-order valence-electron chi connectivity index (χ3n) is 3.30. The second kappa shape index (κ2) is 5.69. The van der Waals surface area contributed by atoms with Crippen molar-refractivity contribution in [2.75, 3.05) is 7.11 Å². The molecule has 0 N–H and O–H groups in total. The highest BCUT2D eigenvalue weighted by molar-refractivity contribution is 5.99. The zero-order valence-corrected chi connectivity index (χ0v) is 11.8. The van der Waals surface area contributed by atoms with E-state index in [1.807, 2.05) is 56.0 Å². The third-order valence-corrected chi connectivity index (χ3v) is 3.30. The van der Waals surface area contributed by atoms with Gasteiger partial charge in [0, 0.05) is 29.6 Å². The lowest BCUT2D eigenvalue weighted by atomic mass is 10.1. The van der Waals surface area contributed by atoms with Crippen molar-refractivity contribution < 1.29 is 4.74 Å². The number of aryl methyl sites for hydroxylation is 1. The predicted molar refractivity (Wildman–Crippen MR) is 76.9 cm³/mol. The fourth-order valence-corrected chi connectivity index (χ4v) is 1.98. The lowest BCUT2D eigenvalue weighted by Gasteiger charge is -2.06. The van der Waals surface area contributed by atoms with Gasteiger partial charge in [0.1, 0.15) is 5.75 Å². The van der Waals surface area contributed by atoms with Gasteiger partial charge in [-0.1, -0.05) is 18.2 Å². The predicted octanol–water partition coefficient (Wildman–Crippen LogP) is 2.75. The van der Waals surface area contributed by atoms with Gasteiger partial charge in [-0.05, 0) is 19.9 Å². The van der Waals surface area contributed by atoms with Gasteiger partial charge in [0.05, 0.1) is 19.9 Å². The highest BCUT2D eigenvalue weighted by Gasteiger charge is 2.07. The molecule has 1 heterocycles. The van der Waals surface area contributed by atoms with Crippen molar-refractivity contribution >= 4 is 5.71 Å². The minimum Gasteiger partial charge on any atom is -0.496 e. The Morgan fingerprint density at radius 3 is 2.74 bits per heavy atom. The van der Waals surface area contributed by atoms with Crippen molar-refractivity contribution in [2.45, 2.75) is 20.4 Å². The summed E-state index contributed by atoms with van der Waals surface area (Å²) in [5, 5.41) is 4.24. The van der Waals surface area contributed by atoms with Gasteiger partial charge < -0.3 is 4.74 Å². The van der Waals surface area contributed by atoms with Crippen LogP contribution >= 0.6 is 0 Å². The summed E-state index contributed by atoms with van der Waals surface area (Å²) in [7, 11) is 3.62. The van der Waals surface area contributed by atoms with Gasteiger partial charge in [-0.3, -0.25) is 9.67 Å². The van der Waals surface area contributed by atoms with Crippen molar-refractivity contribution in [3.05, 3.63) is 47.3 Å². The van der Waals surface area contributed by atoms with Gasteiger partial charge in [-0.2, -0.15) is 5.10 Å². The molecule has 0 amide bonds. The first-order valence-electron chi connectivity index (χ1n) is 6.25. The molecule has 0 bridgehead atoms. The summed E-state index contributed by atoms with van der Waals surface area (Å²) in [6.07, 6.45) is 1.86. The second-order valence-corrected chi connectivity index (χ2v) is 4.48. The number of aliphatic imine (C=N–C) groups is 1. The maximum Gasteiger partial charge on any atom is 0.123 e. The molecule has 4 heteroatoms. The van der Waals surface area contributed by atoms with E-state index in [2.05, 4.69) is 10.1 Å². The Balaban J connectivity index is 2.21. The molecule has 100 valence electrons. The molecule has 0 unspecified atom stereocenters. The number of methoxy groups -OCH3 is 1. The average Bonchev–Trinajstić information content (AvgIpc) is 2.77. The minimum absolute atomic E-state index is 0.615. The molecule has 0 aliphatic carbocycles. The van der Waals surface area contributed by atoms with Gasteiger partial charge in [-0.25, -0.2) is 0 Å². The largest absolute Gasteiger partial charge is 0.496 e. The molecule has 0 atom stereocenters. The maximum absolute atomic E-state index is 5.33. The number of rotatable bonds is 4. The minimum atomic E-state index is 0.615. The molecular weight excluding hydrogens is 238 g/mol. The molecule has 19 heavy (non-hydrogen) atoms. The fraction of sp³-hybridized carbons (Fsp3) is 0.333. The number of benzene rings is 1. The quantitative estimate of drug-likeness (QED) is 0.790. The van der Waals surface area contributed by atoms with E-state index in [-0.39, 0.29) is 0 Å². The Morgan fingerprint density at radius 2 is 2.11 bits per heavy atom. The summed E-state index contributed by atoms with van der Waals surface area (Å²) in [5.74, 6) is 0.877. The van der Waals surface area contributed by atoms with Crippen molar-refractivity contribution in [3.63, 3.8) is 0 Å². The van der Waals surface area contributed by atoms with Gasteiger partial charge in [-0.15, -0.1) is 0 Å². The Morgan fingerprint density at radius 1 is 1.37 bits per heavy atom. The first-order valence-corrected chi connectivity index (χ1v) is 6.25. The Hall–Kier alpha value is -2.10. The third kappa shape index (κ3) is 2.84. The van der Waals surface area contributed by atoms with Crippen LogP contribution in [0.25, 0.3) is 0 Å². The zero-order chi connectivity index (χ0) is 13.8. The summed E-state index contributed by atoms with van der Waals surface area (Å²) in [6.45, 7) is 4.67. The molecular formula is C15H19N3O. The summed E-state index contributed by atoms with van der Waals surface area (Å²) in [4.78, 5) is 4.63. The van der Waals surface area contributed by atoms with Gasteiger partial charge in [0.2, 0.25) is 0 Å². The Kier molecular flexibility index (Phi) is 4.00. The fourth-order valence-electron chi connectivity index (χ4n) is 1.98. The summed E-state index contributed by atoms with van der Waals surface area (Å²) >= 11 is 0. The molecule has 0 radical (unpaired) electrons. The van der Waals surface area contributed by atoms with Crippen LogP contribution in [0.1, 0.15) is 23.7 Å². The number of nitrogens with zero attached hydrogens (tertiary/aromatic N) is 3. The zero-order valence-electron chi connectivity index (χ0n) is 11.8. The number of ether oxygens (including phenoxy) is 1. The molecule has 2 rings (SSSR count). The van der Waals surface area contributed by atoms with E-state index >= 15 is 0 Å². The van der Waals surface area contributed by atoms with E-state index in [1.165, 1.54) is 0 Å². The molecule has 4 nitrogen and oxygen atoms in total. The van der Waals surface area contributed by atoms with Crippen molar-refractivity contribution in [1.29, 1.82) is 0 Å². The van der Waals surface area contributed by atoms with E-state index in [9.17, 15) is 0 Å². The topological polar surface area (TPSA) is 39.4 Å². The number of aromatic nitrogens is 2.